The summed E-state index contributed by atoms with van der Waals surface area (Å²) in [4.78, 5) is 13.0. The van der Waals surface area contributed by atoms with E-state index in [9.17, 15) is 5.11 Å². The molecule has 2 aromatic rings. The molecule has 24 heavy (non-hydrogen) atoms. The topological polar surface area (TPSA) is 49.2 Å². The van der Waals surface area contributed by atoms with Crippen LogP contribution in [0.5, 0.6) is 0 Å². The summed E-state index contributed by atoms with van der Waals surface area (Å²) < 4.78 is 0. The van der Waals surface area contributed by atoms with Gasteiger partial charge >= 0.3 is 0 Å². The zero-order valence-electron chi connectivity index (χ0n) is 14.2. The molecule has 0 amide bonds. The van der Waals surface area contributed by atoms with Crippen LogP contribution < -0.4 is 4.90 Å². The zero-order chi connectivity index (χ0) is 16.5. The molecule has 4 nitrogen and oxygen atoms in total. The van der Waals surface area contributed by atoms with Crippen LogP contribution in [0.1, 0.15) is 60.2 Å². The van der Waals surface area contributed by atoms with Crippen molar-refractivity contribution in [2.75, 3.05) is 11.4 Å². The van der Waals surface area contributed by atoms with E-state index in [0.717, 1.165) is 48.7 Å². The van der Waals surface area contributed by atoms with Crippen LogP contribution in [-0.4, -0.2) is 27.7 Å². The summed E-state index contributed by atoms with van der Waals surface area (Å²) in [5, 5.41) is 12.6. The molecule has 128 valence electrons. The van der Waals surface area contributed by atoms with Gasteiger partial charge in [-0.2, -0.15) is 0 Å². The highest BCUT2D eigenvalue weighted by molar-refractivity contribution is 7.10. The molecule has 2 unspecified atom stereocenters. The monoisotopic (exact) mass is 343 g/mol. The van der Waals surface area contributed by atoms with Gasteiger partial charge < -0.3 is 10.0 Å². The van der Waals surface area contributed by atoms with Crippen LogP contribution in [0.3, 0.4) is 0 Å². The molecular weight excluding hydrogens is 318 g/mol. The molecule has 1 aliphatic heterocycles. The van der Waals surface area contributed by atoms with Crippen LogP contribution in [0.15, 0.2) is 17.5 Å². The Balaban J connectivity index is 1.60. The summed E-state index contributed by atoms with van der Waals surface area (Å²) in [6, 6.07) is 4.42. The minimum atomic E-state index is -0.366. The first-order valence-corrected chi connectivity index (χ1v) is 9.95. The fourth-order valence-electron chi connectivity index (χ4n) is 4.15. The SMILES string of the molecule is Cc1nc2c(c(N3CCCC3CC(O)c3cccs3)n1)CCCC2. The Morgan fingerprint density at radius 1 is 1.29 bits per heavy atom. The lowest BCUT2D eigenvalue weighted by Gasteiger charge is -2.31. The van der Waals surface area contributed by atoms with E-state index >= 15 is 0 Å². The van der Waals surface area contributed by atoms with Crippen molar-refractivity contribution in [1.82, 2.24) is 9.97 Å². The molecule has 2 aliphatic rings. The molecule has 5 heteroatoms. The van der Waals surface area contributed by atoms with Crippen molar-refractivity contribution in [2.45, 2.75) is 64.0 Å². The van der Waals surface area contributed by atoms with E-state index in [0.29, 0.717) is 6.04 Å². The number of nitrogens with zero attached hydrogens (tertiary/aromatic N) is 3. The fraction of sp³-hybridized carbons (Fsp3) is 0.579. The molecule has 2 aromatic heterocycles. The number of thiophene rings is 1. The lowest BCUT2D eigenvalue weighted by atomic mass is 9.95. The van der Waals surface area contributed by atoms with Gasteiger partial charge in [-0.05, 0) is 63.3 Å². The lowest BCUT2D eigenvalue weighted by Crippen LogP contribution is -2.33. The van der Waals surface area contributed by atoms with E-state index < -0.39 is 0 Å². The molecule has 2 atom stereocenters. The Labute approximate surface area is 147 Å². The Hall–Kier alpha value is -1.46. The van der Waals surface area contributed by atoms with Crippen molar-refractivity contribution in [2.24, 2.45) is 0 Å². The number of aromatic nitrogens is 2. The number of rotatable bonds is 4. The first-order chi connectivity index (χ1) is 11.7. The second-order valence-corrected chi connectivity index (χ2v) is 7.96. The molecule has 3 heterocycles. The summed E-state index contributed by atoms with van der Waals surface area (Å²) in [5.74, 6) is 2.04. The highest BCUT2D eigenvalue weighted by Gasteiger charge is 2.31. The second-order valence-electron chi connectivity index (χ2n) is 6.98. The molecule has 4 rings (SSSR count). The predicted molar refractivity (Wildman–Crippen MR) is 97.7 cm³/mol. The quantitative estimate of drug-likeness (QED) is 0.917. The van der Waals surface area contributed by atoms with Gasteiger partial charge in [0.1, 0.15) is 11.6 Å². The molecule has 0 aromatic carbocycles. The van der Waals surface area contributed by atoms with Gasteiger partial charge in [-0.3, -0.25) is 0 Å². The van der Waals surface area contributed by atoms with Gasteiger partial charge in [0.25, 0.3) is 0 Å². The summed E-state index contributed by atoms with van der Waals surface area (Å²) in [6.45, 7) is 3.05. The predicted octanol–water partition coefficient (Wildman–Crippen LogP) is 3.82. The van der Waals surface area contributed by atoms with Crippen molar-refractivity contribution < 1.29 is 5.11 Å². The van der Waals surface area contributed by atoms with Crippen LogP contribution in [0.4, 0.5) is 5.82 Å². The maximum Gasteiger partial charge on any atom is 0.136 e. The number of aliphatic hydroxyl groups is 1. The highest BCUT2D eigenvalue weighted by atomic mass is 32.1. The van der Waals surface area contributed by atoms with Crippen LogP contribution in [-0.2, 0) is 12.8 Å². The van der Waals surface area contributed by atoms with Crippen LogP contribution in [0.2, 0.25) is 0 Å². The maximum atomic E-state index is 10.6. The smallest absolute Gasteiger partial charge is 0.136 e. The lowest BCUT2D eigenvalue weighted by molar-refractivity contribution is 0.161. The number of aryl methyl sites for hydroxylation is 2. The van der Waals surface area contributed by atoms with Gasteiger partial charge in [-0.25, -0.2) is 9.97 Å². The molecule has 0 saturated carbocycles. The van der Waals surface area contributed by atoms with E-state index in [-0.39, 0.29) is 6.10 Å². The van der Waals surface area contributed by atoms with Gasteiger partial charge in [0.2, 0.25) is 0 Å². The number of anilines is 1. The minimum Gasteiger partial charge on any atom is -0.387 e. The number of hydrogen-bond donors (Lipinski definition) is 1. The fourth-order valence-corrected chi connectivity index (χ4v) is 4.87. The summed E-state index contributed by atoms with van der Waals surface area (Å²) in [6.07, 6.45) is 7.41. The average molecular weight is 343 g/mol. The molecule has 0 bridgehead atoms. The standard InChI is InChI=1S/C19H25N3OS/c1-13-20-16-8-3-2-7-15(16)19(21-13)22-10-4-6-14(22)12-17(23)18-9-5-11-24-18/h5,9,11,14,17,23H,2-4,6-8,10,12H2,1H3. The van der Waals surface area contributed by atoms with Crippen molar-refractivity contribution >= 4 is 17.2 Å². The summed E-state index contributed by atoms with van der Waals surface area (Å²) in [5.41, 5.74) is 2.62. The second kappa shape index (κ2) is 6.81. The number of aliphatic hydroxyl groups excluding tert-OH is 1. The third-order valence-corrected chi connectivity index (χ3v) is 6.26. The third-order valence-electron chi connectivity index (χ3n) is 5.29. The molecule has 1 aliphatic carbocycles. The Morgan fingerprint density at radius 2 is 2.17 bits per heavy atom. The third kappa shape index (κ3) is 3.07. The highest BCUT2D eigenvalue weighted by Crippen LogP contribution is 2.35. The van der Waals surface area contributed by atoms with Gasteiger partial charge in [-0.1, -0.05) is 6.07 Å². The van der Waals surface area contributed by atoms with Gasteiger partial charge in [0.15, 0.2) is 0 Å². The molecule has 1 fully saturated rings. The van der Waals surface area contributed by atoms with E-state index in [1.807, 2.05) is 24.4 Å². The normalized spacial score (nSPS) is 21.8. The van der Waals surface area contributed by atoms with Gasteiger partial charge in [0, 0.05) is 28.7 Å². The summed E-state index contributed by atoms with van der Waals surface area (Å²) >= 11 is 1.64. The van der Waals surface area contributed by atoms with Crippen LogP contribution >= 0.6 is 11.3 Å². The Bertz CT molecular complexity index is 701. The Morgan fingerprint density at radius 3 is 3.00 bits per heavy atom. The van der Waals surface area contributed by atoms with Crippen LogP contribution in [0, 0.1) is 6.92 Å². The maximum absolute atomic E-state index is 10.6. The van der Waals surface area contributed by atoms with E-state index in [2.05, 4.69) is 9.88 Å². The molecule has 1 saturated heterocycles. The first-order valence-electron chi connectivity index (χ1n) is 9.07. The van der Waals surface area contributed by atoms with Crippen molar-refractivity contribution in [1.29, 1.82) is 0 Å². The van der Waals surface area contributed by atoms with E-state index in [1.54, 1.807) is 11.3 Å². The van der Waals surface area contributed by atoms with E-state index in [1.165, 1.54) is 30.5 Å². The Kier molecular flexibility index (Phi) is 4.55. The molecule has 0 spiro atoms. The molecular formula is C19H25N3OS. The van der Waals surface area contributed by atoms with Crippen molar-refractivity contribution in [3.8, 4) is 0 Å². The number of hydrogen-bond acceptors (Lipinski definition) is 5. The van der Waals surface area contributed by atoms with Crippen molar-refractivity contribution in [3.05, 3.63) is 39.5 Å². The van der Waals surface area contributed by atoms with Gasteiger partial charge in [-0.15, -0.1) is 11.3 Å². The molecule has 0 radical (unpaired) electrons. The average Bonchev–Trinajstić information content (AvgIpc) is 3.25. The van der Waals surface area contributed by atoms with E-state index in [4.69, 9.17) is 4.98 Å². The minimum absolute atomic E-state index is 0.366. The number of fused-ring (bicyclic) bond motifs is 1. The molecule has 1 N–H and O–H groups in total. The zero-order valence-corrected chi connectivity index (χ0v) is 15.1. The van der Waals surface area contributed by atoms with Gasteiger partial charge in [0.05, 0.1) is 6.10 Å². The largest absolute Gasteiger partial charge is 0.387 e. The summed E-state index contributed by atoms with van der Waals surface area (Å²) in [7, 11) is 0. The first kappa shape index (κ1) is 16.0. The van der Waals surface area contributed by atoms with Crippen LogP contribution in [0.25, 0.3) is 0 Å². The van der Waals surface area contributed by atoms with Crippen molar-refractivity contribution in [3.63, 3.8) is 0 Å².